The van der Waals surface area contributed by atoms with Crippen LogP contribution in [0.15, 0.2) is 12.3 Å². The normalized spacial score (nSPS) is 19.3. The molecule has 0 unspecified atom stereocenters. The standard InChI is InChI=1S/C10H15N3O4/c1-10(2,17-6-8-5-16-8)7-12-4-3-9(11-12)13(14)15/h3-4,8H,5-7H2,1-2H3/t8-/m0/s1. The molecule has 17 heavy (non-hydrogen) atoms. The highest BCUT2D eigenvalue weighted by molar-refractivity contribution is 5.14. The predicted molar refractivity (Wildman–Crippen MR) is 58.7 cm³/mol. The number of hydrogen-bond donors (Lipinski definition) is 0. The van der Waals surface area contributed by atoms with Crippen LogP contribution >= 0.6 is 0 Å². The number of hydrogen-bond acceptors (Lipinski definition) is 5. The molecule has 7 nitrogen and oxygen atoms in total. The Balaban J connectivity index is 1.90. The summed E-state index contributed by atoms with van der Waals surface area (Å²) < 4.78 is 12.2. The summed E-state index contributed by atoms with van der Waals surface area (Å²) in [5.74, 6) is -0.147. The van der Waals surface area contributed by atoms with Crippen LogP contribution in [0.4, 0.5) is 5.82 Å². The van der Waals surface area contributed by atoms with Crippen molar-refractivity contribution < 1.29 is 14.4 Å². The van der Waals surface area contributed by atoms with E-state index in [0.29, 0.717) is 13.2 Å². The number of ether oxygens (including phenoxy) is 2. The van der Waals surface area contributed by atoms with Crippen LogP contribution in [0.25, 0.3) is 0 Å². The van der Waals surface area contributed by atoms with Crippen LogP contribution in [0, 0.1) is 10.1 Å². The first-order valence-corrected chi connectivity index (χ1v) is 5.40. The molecule has 0 amide bonds. The lowest BCUT2D eigenvalue weighted by atomic mass is 10.1. The summed E-state index contributed by atoms with van der Waals surface area (Å²) in [6, 6.07) is 1.38. The van der Waals surface area contributed by atoms with Gasteiger partial charge >= 0.3 is 5.82 Å². The first-order chi connectivity index (χ1) is 7.96. The molecule has 0 saturated carbocycles. The van der Waals surface area contributed by atoms with Crippen LogP contribution in [0.3, 0.4) is 0 Å². The molecule has 2 rings (SSSR count). The van der Waals surface area contributed by atoms with Gasteiger partial charge in [-0.05, 0) is 18.8 Å². The summed E-state index contributed by atoms with van der Waals surface area (Å²) in [4.78, 5) is 9.97. The van der Waals surface area contributed by atoms with Crippen molar-refractivity contribution in [3.05, 3.63) is 22.4 Å². The van der Waals surface area contributed by atoms with E-state index < -0.39 is 10.5 Å². The summed E-state index contributed by atoms with van der Waals surface area (Å²) in [5.41, 5.74) is -0.425. The molecule has 7 heteroatoms. The number of nitrogens with zero attached hydrogens (tertiary/aromatic N) is 3. The van der Waals surface area contributed by atoms with Crippen LogP contribution < -0.4 is 0 Å². The van der Waals surface area contributed by atoms with Gasteiger partial charge in [0.05, 0.1) is 42.7 Å². The molecule has 0 aromatic carbocycles. The Bertz CT molecular complexity index is 411. The van der Waals surface area contributed by atoms with Gasteiger partial charge in [0.1, 0.15) is 6.10 Å². The second-order valence-electron chi connectivity index (χ2n) is 4.65. The Kier molecular flexibility index (Phi) is 3.12. The Hall–Kier alpha value is -1.47. The third-order valence-electron chi connectivity index (χ3n) is 2.42. The zero-order valence-corrected chi connectivity index (χ0v) is 9.83. The molecule has 0 aliphatic carbocycles. The van der Waals surface area contributed by atoms with Crippen LogP contribution in [0.2, 0.25) is 0 Å². The van der Waals surface area contributed by atoms with Gasteiger partial charge in [-0.1, -0.05) is 0 Å². The van der Waals surface area contributed by atoms with E-state index in [2.05, 4.69) is 5.10 Å². The predicted octanol–water partition coefficient (Wildman–Crippen LogP) is 0.985. The molecule has 1 atom stereocenters. The van der Waals surface area contributed by atoms with Crippen molar-refractivity contribution in [3.8, 4) is 0 Å². The van der Waals surface area contributed by atoms with Crippen molar-refractivity contribution in [2.45, 2.75) is 32.1 Å². The fraction of sp³-hybridized carbons (Fsp3) is 0.700. The highest BCUT2D eigenvalue weighted by atomic mass is 16.6. The van der Waals surface area contributed by atoms with Crippen LogP contribution in [-0.4, -0.2) is 39.6 Å². The number of rotatable bonds is 6. The van der Waals surface area contributed by atoms with E-state index in [0.717, 1.165) is 6.61 Å². The number of aromatic nitrogens is 2. The molecule has 94 valence electrons. The molecule has 1 saturated heterocycles. The molecule has 0 radical (unpaired) electrons. The van der Waals surface area contributed by atoms with Gasteiger partial charge in [-0.3, -0.25) is 0 Å². The molecule has 1 aromatic rings. The second-order valence-corrected chi connectivity index (χ2v) is 4.65. The van der Waals surface area contributed by atoms with Crippen LogP contribution in [0.1, 0.15) is 13.8 Å². The first-order valence-electron chi connectivity index (χ1n) is 5.40. The van der Waals surface area contributed by atoms with Crippen molar-refractivity contribution in [3.63, 3.8) is 0 Å². The van der Waals surface area contributed by atoms with E-state index in [1.54, 1.807) is 6.20 Å². The lowest BCUT2D eigenvalue weighted by Crippen LogP contribution is -2.32. The SMILES string of the molecule is CC(C)(Cn1ccc([N+](=O)[O-])n1)OC[C@@H]1CO1. The molecule has 0 bridgehead atoms. The zero-order valence-electron chi connectivity index (χ0n) is 9.83. The molecule has 1 aromatic heterocycles. The number of epoxide rings is 1. The second kappa shape index (κ2) is 4.42. The Morgan fingerprint density at radius 2 is 2.47 bits per heavy atom. The molecule has 1 fully saturated rings. The third-order valence-corrected chi connectivity index (χ3v) is 2.42. The van der Waals surface area contributed by atoms with Gasteiger partial charge in [0.2, 0.25) is 0 Å². The van der Waals surface area contributed by atoms with Gasteiger partial charge in [0, 0.05) is 0 Å². The molecule has 0 spiro atoms. The topological polar surface area (TPSA) is 82.7 Å². The van der Waals surface area contributed by atoms with Gasteiger partial charge in [-0.15, -0.1) is 0 Å². The lowest BCUT2D eigenvalue weighted by molar-refractivity contribution is -0.389. The third kappa shape index (κ3) is 3.50. The van der Waals surface area contributed by atoms with Crippen molar-refractivity contribution in [2.75, 3.05) is 13.2 Å². The highest BCUT2D eigenvalue weighted by Gasteiger charge is 2.28. The van der Waals surface area contributed by atoms with Crippen LogP contribution in [-0.2, 0) is 16.0 Å². The van der Waals surface area contributed by atoms with Crippen molar-refractivity contribution in [2.24, 2.45) is 0 Å². The lowest BCUT2D eigenvalue weighted by Gasteiger charge is -2.23. The molecule has 1 aliphatic rings. The van der Waals surface area contributed by atoms with E-state index in [9.17, 15) is 10.1 Å². The van der Waals surface area contributed by atoms with E-state index >= 15 is 0 Å². The first kappa shape index (κ1) is 12.0. The van der Waals surface area contributed by atoms with Gasteiger partial charge in [0.15, 0.2) is 0 Å². The summed E-state index contributed by atoms with van der Waals surface area (Å²) in [6.07, 6.45) is 1.79. The zero-order chi connectivity index (χ0) is 12.5. The fourth-order valence-corrected chi connectivity index (χ4v) is 1.45. The van der Waals surface area contributed by atoms with E-state index in [-0.39, 0.29) is 11.9 Å². The molecule has 1 aliphatic heterocycles. The van der Waals surface area contributed by atoms with Crippen LogP contribution in [0.5, 0.6) is 0 Å². The summed E-state index contributed by atoms with van der Waals surface area (Å²) >= 11 is 0. The smallest absolute Gasteiger partial charge is 0.371 e. The maximum Gasteiger partial charge on any atom is 0.389 e. The fourth-order valence-electron chi connectivity index (χ4n) is 1.45. The minimum absolute atomic E-state index is 0.147. The minimum atomic E-state index is -0.512. The van der Waals surface area contributed by atoms with Crippen molar-refractivity contribution in [1.82, 2.24) is 9.78 Å². The molecule has 0 N–H and O–H groups in total. The largest absolute Gasteiger partial charge is 0.389 e. The average Bonchev–Trinajstić information content (AvgIpc) is 2.95. The maximum absolute atomic E-state index is 10.5. The van der Waals surface area contributed by atoms with E-state index in [1.807, 2.05) is 13.8 Å². The van der Waals surface area contributed by atoms with Crippen molar-refractivity contribution >= 4 is 5.82 Å². The summed E-state index contributed by atoms with van der Waals surface area (Å²) in [6.45, 7) is 5.61. The molecule has 2 heterocycles. The van der Waals surface area contributed by atoms with Crippen molar-refractivity contribution in [1.29, 1.82) is 0 Å². The monoisotopic (exact) mass is 241 g/mol. The Morgan fingerprint density at radius 1 is 1.76 bits per heavy atom. The minimum Gasteiger partial charge on any atom is -0.371 e. The van der Waals surface area contributed by atoms with Gasteiger partial charge in [0.25, 0.3) is 0 Å². The summed E-state index contributed by atoms with van der Waals surface area (Å²) in [5, 5.41) is 14.3. The maximum atomic E-state index is 10.5. The Labute approximate surface area is 98.5 Å². The van der Waals surface area contributed by atoms with E-state index in [1.165, 1.54) is 10.7 Å². The molecular weight excluding hydrogens is 226 g/mol. The van der Waals surface area contributed by atoms with Gasteiger partial charge in [-0.25, -0.2) is 0 Å². The van der Waals surface area contributed by atoms with Gasteiger partial charge < -0.3 is 19.6 Å². The molecular formula is C10H15N3O4. The quantitative estimate of drug-likeness (QED) is 0.421. The highest BCUT2D eigenvalue weighted by Crippen LogP contribution is 2.18. The summed E-state index contributed by atoms with van der Waals surface area (Å²) in [7, 11) is 0. The van der Waals surface area contributed by atoms with Gasteiger partial charge in [-0.2, -0.15) is 4.68 Å². The Morgan fingerprint density at radius 3 is 3.00 bits per heavy atom. The average molecular weight is 241 g/mol. The van der Waals surface area contributed by atoms with E-state index in [4.69, 9.17) is 9.47 Å². The number of nitro groups is 1.